The Morgan fingerprint density at radius 1 is 0.373 bits per heavy atom. The van der Waals surface area contributed by atoms with E-state index >= 15 is 0 Å². The first-order valence-electron chi connectivity index (χ1n) is 20.4. The Kier molecular flexibility index (Phi) is 9.21. The number of rotatable bonds is 4. The average Bonchev–Trinajstić information content (AvgIpc) is 4.02. The van der Waals surface area contributed by atoms with Gasteiger partial charge in [-0.1, -0.05) is 71.1 Å². The van der Waals surface area contributed by atoms with Crippen LogP contribution in [0.2, 0.25) is 0 Å². The van der Waals surface area contributed by atoms with E-state index in [-0.39, 0.29) is 0 Å². The van der Waals surface area contributed by atoms with E-state index in [0.717, 1.165) is 94.9 Å². The van der Waals surface area contributed by atoms with Crippen LogP contribution in [-0.4, -0.2) is 19.9 Å². The van der Waals surface area contributed by atoms with Crippen molar-refractivity contribution in [3.05, 3.63) is 163 Å². The summed E-state index contributed by atoms with van der Waals surface area (Å²) < 4.78 is 0. The van der Waals surface area contributed by atoms with Crippen LogP contribution in [0.1, 0.15) is 78.4 Å². The normalized spacial score (nSPS) is 12.0. The minimum atomic E-state index is 0.860. The van der Waals surface area contributed by atoms with E-state index in [0.29, 0.717) is 0 Å². The summed E-state index contributed by atoms with van der Waals surface area (Å²) in [7, 11) is 0. The average molecular weight is 766 g/mol. The van der Waals surface area contributed by atoms with Gasteiger partial charge in [0.05, 0.1) is 22.8 Å². The van der Waals surface area contributed by atoms with Gasteiger partial charge in [0, 0.05) is 49.9 Å². The van der Waals surface area contributed by atoms with Crippen molar-refractivity contribution in [2.75, 3.05) is 0 Å². The molecule has 0 spiro atoms. The summed E-state index contributed by atoms with van der Waals surface area (Å²) in [5, 5.41) is 0. The number of hydrogen-bond donors (Lipinski definition) is 2. The number of aryl methyl sites for hydroxylation is 9. The molecule has 0 saturated heterocycles. The number of H-pyrrole nitrogens is 2. The Morgan fingerprint density at radius 3 is 1.10 bits per heavy atom. The van der Waals surface area contributed by atoms with Gasteiger partial charge in [0.1, 0.15) is 0 Å². The van der Waals surface area contributed by atoms with E-state index < -0.39 is 0 Å². The molecule has 4 nitrogen and oxygen atoms in total. The molecule has 4 heteroatoms. The minimum absolute atomic E-state index is 0.860. The largest absolute Gasteiger partial charge is 0.354 e. The second-order valence-corrected chi connectivity index (χ2v) is 16.5. The third-order valence-corrected chi connectivity index (χ3v) is 11.9. The van der Waals surface area contributed by atoms with Gasteiger partial charge in [-0.3, -0.25) is 0 Å². The van der Waals surface area contributed by atoms with E-state index in [2.05, 4.69) is 187 Å². The molecule has 3 aromatic heterocycles. The molecule has 0 amide bonds. The highest BCUT2D eigenvalue weighted by Crippen LogP contribution is 2.42. The number of fused-ring (bicyclic) bond motifs is 8. The number of nitrogens with zero attached hydrogens (tertiary/aromatic N) is 2. The van der Waals surface area contributed by atoms with Crippen LogP contribution in [-0.2, 0) is 0 Å². The SMILES string of the molecule is C#Cc1cc(C)c(-c2c3nc(c(-c4c(C)cc(C)cc4C)c4ccc([nH]4)[13c](-c4ccc(C)cc4)c4ccc([nH]4)c(-c4c(C)cc(C)cc4C)c4nc2C=C4)C=C3)c(C)c1. The summed E-state index contributed by atoms with van der Waals surface area (Å²) >= 11 is 0. The molecule has 2 aliphatic rings. The van der Waals surface area contributed by atoms with Gasteiger partial charge in [-0.15, -0.1) is 6.42 Å². The molecule has 5 heterocycles. The van der Waals surface area contributed by atoms with E-state index in [1.54, 1.807) is 0 Å². The summed E-state index contributed by atoms with van der Waals surface area (Å²) in [6, 6.07) is 30.9. The maximum Gasteiger partial charge on any atom is 0.0738 e. The zero-order chi connectivity index (χ0) is 41.3. The zero-order valence-electron chi connectivity index (χ0n) is 35.4. The molecule has 0 saturated carbocycles. The summed E-state index contributed by atoms with van der Waals surface area (Å²) in [5.41, 5.74) is 27.9. The Labute approximate surface area is 347 Å². The molecule has 0 radical (unpaired) electrons. The van der Waals surface area contributed by atoms with Gasteiger partial charge in [0.15, 0.2) is 0 Å². The Balaban J connectivity index is 1.52. The summed E-state index contributed by atoms with van der Waals surface area (Å²) in [6.45, 7) is 19.6. The molecule has 2 N–H and O–H groups in total. The van der Waals surface area contributed by atoms with Gasteiger partial charge in [0.2, 0.25) is 0 Å². The number of hydrogen-bond acceptors (Lipinski definition) is 2. The number of terminal acetylenes is 1. The summed E-state index contributed by atoms with van der Waals surface area (Å²) in [5.74, 6) is 2.86. The highest BCUT2D eigenvalue weighted by atomic mass is 14.8. The van der Waals surface area contributed by atoms with Gasteiger partial charge >= 0.3 is 0 Å². The Morgan fingerprint density at radius 2 is 0.712 bits per heavy atom. The maximum atomic E-state index is 5.95. The second-order valence-electron chi connectivity index (χ2n) is 16.5. The molecule has 7 aromatic rings. The van der Waals surface area contributed by atoms with Crippen molar-refractivity contribution in [3.63, 3.8) is 0 Å². The fourth-order valence-electron chi connectivity index (χ4n) is 9.61. The third kappa shape index (κ3) is 6.54. The van der Waals surface area contributed by atoms with Crippen molar-refractivity contribution >= 4 is 46.4 Å². The minimum Gasteiger partial charge on any atom is -0.354 e. The van der Waals surface area contributed by atoms with E-state index in [1.807, 2.05) is 0 Å². The smallest absolute Gasteiger partial charge is 0.0738 e. The van der Waals surface area contributed by atoms with Crippen molar-refractivity contribution in [1.82, 2.24) is 19.9 Å². The van der Waals surface area contributed by atoms with Crippen molar-refractivity contribution in [2.45, 2.75) is 62.3 Å². The van der Waals surface area contributed by atoms with Gasteiger partial charge in [-0.25, -0.2) is 9.97 Å². The third-order valence-electron chi connectivity index (χ3n) is 11.9. The van der Waals surface area contributed by atoms with E-state index in [9.17, 15) is 0 Å². The van der Waals surface area contributed by atoms with Crippen LogP contribution < -0.4 is 0 Å². The van der Waals surface area contributed by atoms with Gasteiger partial charge in [0.25, 0.3) is 0 Å². The number of nitrogens with one attached hydrogen (secondary N) is 2. The highest BCUT2D eigenvalue weighted by molar-refractivity contribution is 6.01. The lowest BCUT2D eigenvalue weighted by Crippen LogP contribution is -1.97. The summed E-state index contributed by atoms with van der Waals surface area (Å²) in [6.07, 6.45) is 14.6. The number of benzene rings is 4. The molecule has 2 aliphatic heterocycles. The van der Waals surface area contributed by atoms with Crippen molar-refractivity contribution in [2.24, 2.45) is 0 Å². The van der Waals surface area contributed by atoms with E-state index in [4.69, 9.17) is 16.4 Å². The molecule has 0 unspecified atom stereocenters. The molecule has 4 aromatic carbocycles. The van der Waals surface area contributed by atoms with Crippen molar-refractivity contribution in [1.29, 1.82) is 0 Å². The Hall–Kier alpha value is -6.96. The lowest BCUT2D eigenvalue weighted by molar-refractivity contribution is 1.25. The fourth-order valence-corrected chi connectivity index (χ4v) is 9.61. The Bertz CT molecular complexity index is 2960. The molecular weight excluding hydrogens is 718 g/mol. The quantitative estimate of drug-likeness (QED) is 0.175. The predicted molar refractivity (Wildman–Crippen MR) is 251 cm³/mol. The van der Waals surface area contributed by atoms with Crippen LogP contribution in [0, 0.1) is 74.7 Å². The predicted octanol–water partition coefficient (Wildman–Crippen LogP) is 14.1. The number of aromatic nitrogens is 4. The van der Waals surface area contributed by atoms with Gasteiger partial charge in [-0.05, 0) is 179 Å². The first-order chi connectivity index (χ1) is 28.4. The zero-order valence-corrected chi connectivity index (χ0v) is 35.4. The molecule has 9 rings (SSSR count). The second kappa shape index (κ2) is 14.5. The molecule has 0 fully saturated rings. The maximum absolute atomic E-state index is 5.95. The van der Waals surface area contributed by atoms with Crippen LogP contribution in [0.3, 0.4) is 0 Å². The lowest BCUT2D eigenvalue weighted by Gasteiger charge is -2.14. The molecular formula is C55H48N4. The fraction of sp³-hybridized carbons (Fsp3) is 0.164. The van der Waals surface area contributed by atoms with Crippen molar-refractivity contribution < 1.29 is 0 Å². The first-order valence-corrected chi connectivity index (χ1v) is 20.4. The van der Waals surface area contributed by atoms with Crippen LogP contribution in [0.15, 0.2) is 84.9 Å². The monoisotopic (exact) mass is 765 g/mol. The molecule has 0 aliphatic carbocycles. The van der Waals surface area contributed by atoms with Crippen LogP contribution in [0.25, 0.3) is 90.9 Å². The van der Waals surface area contributed by atoms with Gasteiger partial charge < -0.3 is 9.97 Å². The van der Waals surface area contributed by atoms with Crippen LogP contribution in [0.5, 0.6) is 0 Å². The molecule has 0 atom stereocenters. The van der Waals surface area contributed by atoms with Crippen LogP contribution in [0.4, 0.5) is 0 Å². The van der Waals surface area contributed by atoms with Gasteiger partial charge in [-0.2, -0.15) is 0 Å². The first kappa shape index (κ1) is 37.6. The van der Waals surface area contributed by atoms with Crippen molar-refractivity contribution in [3.8, 4) is 56.9 Å². The topological polar surface area (TPSA) is 57.4 Å². The number of aromatic amines is 2. The van der Waals surface area contributed by atoms with Crippen LogP contribution >= 0.6 is 0 Å². The molecule has 59 heavy (non-hydrogen) atoms. The summed E-state index contributed by atoms with van der Waals surface area (Å²) in [4.78, 5) is 19.0. The highest BCUT2D eigenvalue weighted by Gasteiger charge is 2.23. The lowest BCUT2D eigenvalue weighted by atomic mass is 9.91. The van der Waals surface area contributed by atoms with E-state index in [1.165, 1.54) is 50.1 Å². The molecule has 288 valence electrons. The standard InChI is InChI=1S/C55H48N4/c1-11-39-28-37(9)51(38(10)29-39)55-47-22-20-45(58-47)53(49-33(5)24-31(3)25-34(49)6)43-18-16-41(56-43)52(40-14-12-30(2)13-15-40)42-17-19-44(57-42)54(46-21-23-48(55)59-46)50-35(7)26-32(4)27-36(50)8/h1,12-29,56-57H,2-10H3/i52+1. The molecule has 8 bridgehead atoms.